The number of hydrogen-bond acceptors (Lipinski definition) is 4. The second-order valence-electron chi connectivity index (χ2n) is 6.37. The number of nitrogens with one attached hydrogen (secondary N) is 3. The zero-order valence-electron chi connectivity index (χ0n) is 14.4. The molecule has 2 rings (SSSR count). The Balaban J connectivity index is 1.70. The number of anilines is 1. The van der Waals surface area contributed by atoms with E-state index < -0.39 is 11.8 Å². The summed E-state index contributed by atoms with van der Waals surface area (Å²) in [4.78, 5) is 27.9. The molecule has 8 heteroatoms. The van der Waals surface area contributed by atoms with Crippen molar-refractivity contribution in [3.05, 3.63) is 24.0 Å². The number of hydrogen-bond donors (Lipinski definition) is 3. The highest BCUT2D eigenvalue weighted by Crippen LogP contribution is 2.51. The molecule has 1 aliphatic carbocycles. The van der Waals surface area contributed by atoms with Crippen LogP contribution in [0.15, 0.2) is 18.5 Å². The second kappa shape index (κ2) is 8.22. The molecule has 1 heterocycles. The van der Waals surface area contributed by atoms with Gasteiger partial charge in [0.1, 0.15) is 0 Å². The number of aromatic nitrogens is 1. The third-order valence-electron chi connectivity index (χ3n) is 4.04. The van der Waals surface area contributed by atoms with Gasteiger partial charge in [-0.25, -0.2) is 8.78 Å². The van der Waals surface area contributed by atoms with E-state index in [1.54, 1.807) is 19.2 Å². The Bertz CT molecular complexity index is 624. The topological polar surface area (TPSA) is 83.1 Å². The molecule has 2 amide bonds. The first-order valence-electron chi connectivity index (χ1n) is 8.46. The third-order valence-corrected chi connectivity index (χ3v) is 4.04. The Morgan fingerprint density at radius 2 is 2.12 bits per heavy atom. The summed E-state index contributed by atoms with van der Waals surface area (Å²) in [6, 6.07) is 1.41. The Morgan fingerprint density at radius 1 is 1.40 bits per heavy atom. The molecule has 1 saturated carbocycles. The summed E-state index contributed by atoms with van der Waals surface area (Å²) in [5.74, 6) is -3.81. The molecule has 138 valence electrons. The number of nitrogens with zero attached hydrogens (tertiary/aromatic N) is 1. The molecule has 0 aromatic carbocycles. The molecule has 0 radical (unpaired) electrons. The lowest BCUT2D eigenvalue weighted by Crippen LogP contribution is -2.41. The molecule has 1 aromatic heterocycles. The maximum Gasteiger partial charge on any atom is 0.253 e. The smallest absolute Gasteiger partial charge is 0.253 e. The van der Waals surface area contributed by atoms with Crippen molar-refractivity contribution in [3.63, 3.8) is 0 Å². The maximum atomic E-state index is 12.8. The van der Waals surface area contributed by atoms with Gasteiger partial charge in [-0.05, 0) is 26.3 Å². The van der Waals surface area contributed by atoms with Crippen LogP contribution < -0.4 is 16.0 Å². The fraction of sp³-hybridized carbons (Fsp3) is 0.588. The van der Waals surface area contributed by atoms with Crippen LogP contribution in [0.25, 0.3) is 0 Å². The zero-order chi connectivity index (χ0) is 18.4. The lowest BCUT2D eigenvalue weighted by Gasteiger charge is -2.15. The number of halogens is 2. The first-order valence-corrected chi connectivity index (χ1v) is 8.46. The average Bonchev–Trinajstić information content (AvgIpc) is 3.18. The van der Waals surface area contributed by atoms with E-state index >= 15 is 0 Å². The van der Waals surface area contributed by atoms with Crippen molar-refractivity contribution in [2.45, 2.75) is 45.1 Å². The summed E-state index contributed by atoms with van der Waals surface area (Å²) < 4.78 is 25.5. The van der Waals surface area contributed by atoms with Crippen LogP contribution in [-0.4, -0.2) is 41.9 Å². The van der Waals surface area contributed by atoms with E-state index in [0.717, 1.165) is 12.2 Å². The number of carbonyl (C=O) groups is 2. The number of amides is 2. The minimum Gasteiger partial charge on any atom is -0.384 e. The van der Waals surface area contributed by atoms with Crippen LogP contribution in [0.4, 0.5) is 14.5 Å². The van der Waals surface area contributed by atoms with E-state index in [9.17, 15) is 18.4 Å². The minimum absolute atomic E-state index is 0.0789. The Morgan fingerprint density at radius 3 is 2.76 bits per heavy atom. The molecule has 1 fully saturated rings. The molecule has 1 aliphatic rings. The predicted octanol–water partition coefficient (Wildman–Crippen LogP) is 2.18. The van der Waals surface area contributed by atoms with Gasteiger partial charge in [-0.1, -0.05) is 0 Å². The fourth-order valence-corrected chi connectivity index (χ4v) is 2.47. The van der Waals surface area contributed by atoms with Crippen LogP contribution in [-0.2, 0) is 4.79 Å². The van der Waals surface area contributed by atoms with Gasteiger partial charge in [0, 0.05) is 50.3 Å². The van der Waals surface area contributed by atoms with Crippen molar-refractivity contribution >= 4 is 17.5 Å². The largest absolute Gasteiger partial charge is 0.384 e. The van der Waals surface area contributed by atoms with E-state index in [0.29, 0.717) is 5.56 Å². The molecular formula is C17H24F2N4O2. The van der Waals surface area contributed by atoms with Crippen molar-refractivity contribution in [2.75, 3.05) is 18.4 Å². The summed E-state index contributed by atoms with van der Waals surface area (Å²) in [6.07, 6.45) is 3.26. The van der Waals surface area contributed by atoms with Crippen LogP contribution in [0.3, 0.4) is 0 Å². The predicted molar refractivity (Wildman–Crippen MR) is 90.6 cm³/mol. The monoisotopic (exact) mass is 354 g/mol. The van der Waals surface area contributed by atoms with E-state index in [4.69, 9.17) is 0 Å². The SMILES string of the molecule is CCNc1cncc(C(=O)N[C@@H](C)CNC(=O)CCC2CC2(F)F)c1. The number of pyridine rings is 1. The second-order valence-corrected chi connectivity index (χ2v) is 6.37. The first-order chi connectivity index (χ1) is 11.8. The molecule has 0 aliphatic heterocycles. The molecule has 1 aromatic rings. The highest BCUT2D eigenvalue weighted by molar-refractivity contribution is 5.94. The Kier molecular flexibility index (Phi) is 6.27. The molecule has 6 nitrogen and oxygen atoms in total. The van der Waals surface area contributed by atoms with Gasteiger partial charge in [0.25, 0.3) is 11.8 Å². The van der Waals surface area contributed by atoms with Crippen LogP contribution in [0.5, 0.6) is 0 Å². The summed E-state index contributed by atoms with van der Waals surface area (Å²) in [6.45, 7) is 4.67. The van der Waals surface area contributed by atoms with Gasteiger partial charge in [-0.3, -0.25) is 14.6 Å². The van der Waals surface area contributed by atoms with Crippen molar-refractivity contribution in [2.24, 2.45) is 5.92 Å². The summed E-state index contributed by atoms with van der Waals surface area (Å²) in [5.41, 5.74) is 1.18. The van der Waals surface area contributed by atoms with Gasteiger partial charge in [-0.15, -0.1) is 0 Å². The first kappa shape index (κ1) is 19.1. The molecule has 0 bridgehead atoms. The quantitative estimate of drug-likeness (QED) is 0.635. The molecule has 0 spiro atoms. The van der Waals surface area contributed by atoms with Crippen molar-refractivity contribution in [1.29, 1.82) is 0 Å². The van der Waals surface area contributed by atoms with Crippen LogP contribution in [0, 0.1) is 5.92 Å². The average molecular weight is 354 g/mol. The maximum absolute atomic E-state index is 12.8. The third kappa shape index (κ3) is 5.95. The van der Waals surface area contributed by atoms with E-state index in [-0.39, 0.29) is 43.7 Å². The molecule has 2 atom stereocenters. The van der Waals surface area contributed by atoms with Gasteiger partial charge < -0.3 is 16.0 Å². The lowest BCUT2D eigenvalue weighted by molar-refractivity contribution is -0.121. The number of carbonyl (C=O) groups excluding carboxylic acids is 2. The standard InChI is InChI=1S/C17H24F2N4O2/c1-3-21-14-6-12(9-20-10-14)16(25)23-11(2)8-22-15(24)5-4-13-7-17(13,18)19/h6,9-11,13,21H,3-5,7-8H2,1-2H3,(H,22,24)(H,23,25)/t11-,13?/m0/s1. The van der Waals surface area contributed by atoms with Crippen LogP contribution in [0.1, 0.15) is 43.5 Å². The highest BCUT2D eigenvalue weighted by Gasteiger charge is 2.56. The van der Waals surface area contributed by atoms with Crippen molar-refractivity contribution in [1.82, 2.24) is 15.6 Å². The normalized spacial score (nSPS) is 19.0. The van der Waals surface area contributed by atoms with Crippen LogP contribution >= 0.6 is 0 Å². The minimum atomic E-state index is -2.59. The van der Waals surface area contributed by atoms with Crippen molar-refractivity contribution in [3.8, 4) is 0 Å². The van der Waals surface area contributed by atoms with Gasteiger partial charge in [0.05, 0.1) is 11.3 Å². The van der Waals surface area contributed by atoms with Gasteiger partial charge >= 0.3 is 0 Å². The van der Waals surface area contributed by atoms with Gasteiger partial charge in [-0.2, -0.15) is 0 Å². The Labute approximate surface area is 145 Å². The molecule has 25 heavy (non-hydrogen) atoms. The number of alkyl halides is 2. The summed E-state index contributed by atoms with van der Waals surface area (Å²) >= 11 is 0. The number of rotatable bonds is 9. The fourth-order valence-electron chi connectivity index (χ4n) is 2.47. The molecule has 0 saturated heterocycles. The Hall–Kier alpha value is -2.25. The van der Waals surface area contributed by atoms with Gasteiger partial charge in [0.15, 0.2) is 0 Å². The molecular weight excluding hydrogens is 330 g/mol. The van der Waals surface area contributed by atoms with E-state index in [1.807, 2.05) is 6.92 Å². The molecule has 3 N–H and O–H groups in total. The van der Waals surface area contributed by atoms with Crippen molar-refractivity contribution < 1.29 is 18.4 Å². The zero-order valence-corrected chi connectivity index (χ0v) is 14.4. The summed E-state index contributed by atoms with van der Waals surface area (Å²) in [5, 5.41) is 8.50. The lowest BCUT2D eigenvalue weighted by atomic mass is 10.2. The molecule has 1 unspecified atom stereocenters. The highest BCUT2D eigenvalue weighted by atomic mass is 19.3. The summed E-state index contributed by atoms with van der Waals surface area (Å²) in [7, 11) is 0. The van der Waals surface area contributed by atoms with E-state index in [2.05, 4.69) is 20.9 Å². The van der Waals surface area contributed by atoms with Crippen LogP contribution in [0.2, 0.25) is 0 Å². The van der Waals surface area contributed by atoms with Gasteiger partial charge in [0.2, 0.25) is 5.91 Å². The van der Waals surface area contributed by atoms with E-state index in [1.165, 1.54) is 6.20 Å².